The third-order valence-electron chi connectivity index (χ3n) is 5.73. The van der Waals surface area contributed by atoms with Gasteiger partial charge in [-0.05, 0) is 30.9 Å². The maximum Gasteiger partial charge on any atom is 0.317 e. The summed E-state index contributed by atoms with van der Waals surface area (Å²) in [5.41, 5.74) is 1.17. The number of anilines is 1. The normalized spacial score (nSPS) is 17.8. The molecule has 2 saturated heterocycles. The van der Waals surface area contributed by atoms with Crippen LogP contribution in [0.1, 0.15) is 19.3 Å². The zero-order valence-electron chi connectivity index (χ0n) is 17.0. The number of carbonyl (C=O) groups is 3. The lowest BCUT2D eigenvalue weighted by molar-refractivity contribution is -0.142. The topological polar surface area (TPSA) is 82.2 Å². The number of esters is 1. The molecule has 0 spiro atoms. The van der Waals surface area contributed by atoms with Crippen molar-refractivity contribution in [3.05, 3.63) is 30.3 Å². The fourth-order valence-corrected chi connectivity index (χ4v) is 3.89. The highest BCUT2D eigenvalue weighted by Gasteiger charge is 2.26. The molecule has 0 aliphatic carbocycles. The summed E-state index contributed by atoms with van der Waals surface area (Å²) in [6, 6.07) is 9.97. The summed E-state index contributed by atoms with van der Waals surface area (Å²) in [6.07, 6.45) is 1.98. The Morgan fingerprint density at radius 1 is 0.966 bits per heavy atom. The van der Waals surface area contributed by atoms with Crippen LogP contribution in [0.25, 0.3) is 0 Å². The average molecular weight is 402 g/mol. The van der Waals surface area contributed by atoms with Gasteiger partial charge >= 0.3 is 12.0 Å². The first-order valence-corrected chi connectivity index (χ1v) is 10.2. The fourth-order valence-electron chi connectivity index (χ4n) is 3.89. The third kappa shape index (κ3) is 5.85. The number of benzene rings is 1. The van der Waals surface area contributed by atoms with Gasteiger partial charge in [-0.25, -0.2) is 4.79 Å². The highest BCUT2D eigenvalue weighted by Crippen LogP contribution is 2.21. The Morgan fingerprint density at radius 2 is 1.62 bits per heavy atom. The fraction of sp³-hybridized carbons (Fsp3) is 0.571. The summed E-state index contributed by atoms with van der Waals surface area (Å²) in [7, 11) is 1.39. The average Bonchev–Trinajstić information content (AvgIpc) is 2.78. The summed E-state index contributed by atoms with van der Waals surface area (Å²) in [6.45, 7) is 4.07. The smallest absolute Gasteiger partial charge is 0.317 e. The van der Waals surface area contributed by atoms with E-state index in [2.05, 4.69) is 22.3 Å². The molecule has 0 saturated carbocycles. The molecule has 8 nitrogen and oxygen atoms in total. The largest absolute Gasteiger partial charge is 0.469 e. The van der Waals surface area contributed by atoms with E-state index >= 15 is 0 Å². The SMILES string of the molecule is COC(=O)CC1CCN(C(=O)CNC(=O)N2CCN(c3ccccc3)CC2)CC1. The molecular weight excluding hydrogens is 372 g/mol. The van der Waals surface area contributed by atoms with Crippen LogP contribution in [-0.2, 0) is 14.3 Å². The molecule has 0 radical (unpaired) electrons. The Kier molecular flexibility index (Phi) is 7.32. The van der Waals surface area contributed by atoms with Crippen molar-refractivity contribution in [2.75, 3.05) is 57.8 Å². The molecular formula is C21H30N4O4. The van der Waals surface area contributed by atoms with Gasteiger partial charge in [0.1, 0.15) is 0 Å². The molecule has 2 aliphatic heterocycles. The van der Waals surface area contributed by atoms with Gasteiger partial charge in [-0.3, -0.25) is 9.59 Å². The van der Waals surface area contributed by atoms with E-state index in [4.69, 9.17) is 4.74 Å². The number of nitrogens with one attached hydrogen (secondary N) is 1. The first-order chi connectivity index (χ1) is 14.1. The molecule has 2 heterocycles. The highest BCUT2D eigenvalue weighted by molar-refractivity contribution is 5.84. The highest BCUT2D eigenvalue weighted by atomic mass is 16.5. The van der Waals surface area contributed by atoms with Crippen LogP contribution in [0.5, 0.6) is 0 Å². The van der Waals surface area contributed by atoms with Crippen LogP contribution in [0.3, 0.4) is 0 Å². The Bertz CT molecular complexity index is 696. The third-order valence-corrected chi connectivity index (χ3v) is 5.73. The van der Waals surface area contributed by atoms with E-state index in [0.717, 1.165) is 25.9 Å². The molecule has 1 N–H and O–H groups in total. The van der Waals surface area contributed by atoms with Crippen molar-refractivity contribution in [2.24, 2.45) is 5.92 Å². The lowest BCUT2D eigenvalue weighted by Crippen LogP contribution is -2.53. The van der Waals surface area contributed by atoms with Crippen LogP contribution < -0.4 is 10.2 Å². The lowest BCUT2D eigenvalue weighted by atomic mass is 9.93. The molecule has 0 atom stereocenters. The Labute approximate surface area is 171 Å². The Hall–Kier alpha value is -2.77. The molecule has 0 bridgehead atoms. The van der Waals surface area contributed by atoms with Crippen LogP contribution in [0.4, 0.5) is 10.5 Å². The number of piperidine rings is 1. The van der Waals surface area contributed by atoms with Crippen LogP contribution in [0.2, 0.25) is 0 Å². The van der Waals surface area contributed by atoms with Crippen LogP contribution in [0, 0.1) is 5.92 Å². The number of hydrogen-bond donors (Lipinski definition) is 1. The monoisotopic (exact) mass is 402 g/mol. The minimum Gasteiger partial charge on any atom is -0.469 e. The summed E-state index contributed by atoms with van der Waals surface area (Å²) in [4.78, 5) is 42.0. The first-order valence-electron chi connectivity index (χ1n) is 10.2. The number of carbonyl (C=O) groups excluding carboxylic acids is 3. The van der Waals surface area contributed by atoms with E-state index in [-0.39, 0.29) is 30.4 Å². The number of piperazine rings is 1. The number of rotatable bonds is 5. The van der Waals surface area contributed by atoms with Gasteiger partial charge in [-0.1, -0.05) is 18.2 Å². The molecule has 3 rings (SSSR count). The van der Waals surface area contributed by atoms with Crippen molar-refractivity contribution >= 4 is 23.6 Å². The Morgan fingerprint density at radius 3 is 2.24 bits per heavy atom. The van der Waals surface area contributed by atoms with Gasteiger partial charge in [0.05, 0.1) is 13.7 Å². The van der Waals surface area contributed by atoms with E-state index < -0.39 is 0 Å². The predicted octanol–water partition coefficient (Wildman–Crippen LogP) is 1.32. The number of nitrogens with zero attached hydrogens (tertiary/aromatic N) is 3. The van der Waals surface area contributed by atoms with Crippen molar-refractivity contribution in [1.29, 1.82) is 0 Å². The number of likely N-dealkylation sites (tertiary alicyclic amines) is 1. The van der Waals surface area contributed by atoms with Crippen LogP contribution in [0.15, 0.2) is 30.3 Å². The van der Waals surface area contributed by atoms with Crippen LogP contribution in [-0.4, -0.2) is 80.6 Å². The molecule has 3 amide bonds. The molecule has 29 heavy (non-hydrogen) atoms. The summed E-state index contributed by atoms with van der Waals surface area (Å²) >= 11 is 0. The maximum absolute atomic E-state index is 12.4. The van der Waals surface area contributed by atoms with Crippen molar-refractivity contribution in [1.82, 2.24) is 15.1 Å². The molecule has 2 aliphatic rings. The van der Waals surface area contributed by atoms with E-state index in [0.29, 0.717) is 32.6 Å². The minimum atomic E-state index is -0.200. The summed E-state index contributed by atoms with van der Waals surface area (Å²) in [5, 5.41) is 2.76. The predicted molar refractivity (Wildman–Crippen MR) is 110 cm³/mol. The molecule has 0 aromatic heterocycles. The first kappa shape index (κ1) is 21.0. The standard InChI is InChI=1S/C21H30N4O4/c1-29-20(27)15-17-7-9-24(10-8-17)19(26)16-22-21(28)25-13-11-23(12-14-25)18-5-3-2-4-6-18/h2-6,17H,7-16H2,1H3,(H,22,28). The van der Waals surface area contributed by atoms with E-state index in [1.54, 1.807) is 9.80 Å². The van der Waals surface area contributed by atoms with Gasteiger partial charge in [-0.2, -0.15) is 0 Å². The minimum absolute atomic E-state index is 0.0133. The molecule has 158 valence electrons. The number of para-hydroxylation sites is 1. The van der Waals surface area contributed by atoms with Gasteiger partial charge in [-0.15, -0.1) is 0 Å². The van der Waals surface area contributed by atoms with E-state index in [1.165, 1.54) is 12.8 Å². The molecule has 8 heteroatoms. The summed E-state index contributed by atoms with van der Waals surface area (Å²) in [5.74, 6) is -0.00538. The van der Waals surface area contributed by atoms with Crippen LogP contribution >= 0.6 is 0 Å². The number of amides is 3. The number of ether oxygens (including phenoxy) is 1. The lowest BCUT2D eigenvalue weighted by Gasteiger charge is -2.36. The van der Waals surface area contributed by atoms with E-state index in [9.17, 15) is 14.4 Å². The molecule has 2 fully saturated rings. The molecule has 0 unspecified atom stereocenters. The molecule has 1 aromatic carbocycles. The summed E-state index contributed by atoms with van der Waals surface area (Å²) < 4.78 is 4.71. The van der Waals surface area contributed by atoms with Crippen molar-refractivity contribution in [3.63, 3.8) is 0 Å². The second-order valence-electron chi connectivity index (χ2n) is 7.57. The zero-order chi connectivity index (χ0) is 20.6. The van der Waals surface area contributed by atoms with E-state index in [1.807, 2.05) is 18.2 Å². The number of methoxy groups -OCH3 is 1. The second-order valence-corrected chi connectivity index (χ2v) is 7.57. The van der Waals surface area contributed by atoms with Crippen molar-refractivity contribution in [2.45, 2.75) is 19.3 Å². The zero-order valence-corrected chi connectivity index (χ0v) is 17.0. The van der Waals surface area contributed by atoms with Gasteiger partial charge in [0.25, 0.3) is 0 Å². The second kappa shape index (κ2) is 10.1. The van der Waals surface area contributed by atoms with Gasteiger partial charge in [0, 0.05) is 51.4 Å². The van der Waals surface area contributed by atoms with Crippen molar-refractivity contribution in [3.8, 4) is 0 Å². The molecule has 1 aromatic rings. The van der Waals surface area contributed by atoms with Gasteiger partial charge in [0.15, 0.2) is 0 Å². The number of hydrogen-bond acceptors (Lipinski definition) is 5. The maximum atomic E-state index is 12.4. The number of urea groups is 1. The van der Waals surface area contributed by atoms with Gasteiger partial charge < -0.3 is 24.8 Å². The van der Waals surface area contributed by atoms with Gasteiger partial charge in [0.2, 0.25) is 5.91 Å². The van der Waals surface area contributed by atoms with Crippen molar-refractivity contribution < 1.29 is 19.1 Å². The Balaban J connectivity index is 1.35. The quantitative estimate of drug-likeness (QED) is 0.752.